The number of imidazole rings is 1. The lowest BCUT2D eigenvalue weighted by Crippen LogP contribution is -2.27. The zero-order valence-electron chi connectivity index (χ0n) is 15.1. The fourth-order valence-electron chi connectivity index (χ4n) is 3.58. The van der Waals surface area contributed by atoms with Crippen LogP contribution in [0, 0.1) is 0 Å². The Hall–Kier alpha value is -3.73. The van der Waals surface area contributed by atoms with Crippen LogP contribution in [0.4, 0.5) is 0 Å². The van der Waals surface area contributed by atoms with E-state index in [4.69, 9.17) is 5.10 Å². The Morgan fingerprint density at radius 3 is 2.32 bits per heavy atom. The molecule has 1 aliphatic rings. The summed E-state index contributed by atoms with van der Waals surface area (Å²) in [5.41, 5.74) is 4.32. The van der Waals surface area contributed by atoms with Gasteiger partial charge >= 0.3 is 0 Å². The molecule has 136 valence electrons. The van der Waals surface area contributed by atoms with Crippen molar-refractivity contribution in [2.45, 2.75) is 12.5 Å². The molecule has 0 bridgehead atoms. The Morgan fingerprint density at radius 2 is 1.57 bits per heavy atom. The predicted molar refractivity (Wildman–Crippen MR) is 109 cm³/mol. The first-order valence-corrected chi connectivity index (χ1v) is 9.26. The second kappa shape index (κ2) is 6.78. The number of nitrogens with one attached hydrogen (secondary N) is 1. The van der Waals surface area contributed by atoms with Crippen LogP contribution in [0.1, 0.15) is 34.2 Å². The molecule has 5 nitrogen and oxygen atoms in total. The van der Waals surface area contributed by atoms with Gasteiger partial charge in [0.15, 0.2) is 5.82 Å². The molecule has 4 aromatic rings. The molecule has 2 heterocycles. The van der Waals surface area contributed by atoms with Gasteiger partial charge < -0.3 is 4.98 Å². The van der Waals surface area contributed by atoms with E-state index in [-0.39, 0.29) is 11.9 Å². The summed E-state index contributed by atoms with van der Waals surface area (Å²) in [5, 5.41) is 6.28. The number of benzene rings is 3. The maximum Gasteiger partial charge on any atom is 0.274 e. The zero-order valence-corrected chi connectivity index (χ0v) is 15.1. The van der Waals surface area contributed by atoms with Crippen molar-refractivity contribution in [3.05, 3.63) is 102 Å². The van der Waals surface area contributed by atoms with Gasteiger partial charge in [0.25, 0.3) is 5.91 Å². The number of hydrazone groups is 1. The molecule has 1 aromatic heterocycles. The Bertz CT molecular complexity index is 1130. The van der Waals surface area contributed by atoms with Crippen LogP contribution in [0.15, 0.2) is 90.0 Å². The molecule has 1 amide bonds. The predicted octanol–water partition coefficient (Wildman–Crippen LogP) is 4.55. The lowest BCUT2D eigenvalue weighted by Gasteiger charge is -2.22. The third-order valence-electron chi connectivity index (χ3n) is 4.99. The molecule has 0 saturated heterocycles. The van der Waals surface area contributed by atoms with Gasteiger partial charge in [-0.25, -0.2) is 9.99 Å². The summed E-state index contributed by atoms with van der Waals surface area (Å²) in [7, 11) is 0. The average Bonchev–Trinajstić information content (AvgIpc) is 3.39. The van der Waals surface area contributed by atoms with Gasteiger partial charge in [0.1, 0.15) is 5.71 Å². The number of aromatic nitrogens is 2. The van der Waals surface area contributed by atoms with Crippen LogP contribution in [0.3, 0.4) is 0 Å². The number of aromatic amines is 1. The smallest absolute Gasteiger partial charge is 0.274 e. The van der Waals surface area contributed by atoms with Gasteiger partial charge in [-0.2, -0.15) is 5.10 Å². The number of rotatable bonds is 3. The van der Waals surface area contributed by atoms with E-state index in [0.717, 1.165) is 22.3 Å². The number of carbonyl (C=O) groups excluding carboxylic acids is 1. The summed E-state index contributed by atoms with van der Waals surface area (Å²) < 4.78 is 0. The second-order valence-corrected chi connectivity index (χ2v) is 6.80. The van der Waals surface area contributed by atoms with Crippen LogP contribution >= 0.6 is 0 Å². The molecule has 0 aliphatic carbocycles. The molecule has 0 unspecified atom stereocenters. The summed E-state index contributed by atoms with van der Waals surface area (Å²) in [6, 6.07) is 27.0. The van der Waals surface area contributed by atoms with E-state index in [0.29, 0.717) is 17.8 Å². The standard InChI is InChI=1S/C23H18N4O/c28-23(17-11-5-2-6-12-17)27-21(16-9-3-1-4-10-16)15-20(26-27)22-24-18-13-7-8-14-19(18)25-22/h1-14,21H,15H2,(H,24,25)/t21-/m1/s1. The van der Waals surface area contributed by atoms with Gasteiger partial charge in [-0.1, -0.05) is 60.7 Å². The van der Waals surface area contributed by atoms with Crippen LogP contribution in [0.5, 0.6) is 0 Å². The van der Waals surface area contributed by atoms with Gasteiger partial charge in [0.05, 0.1) is 17.1 Å². The minimum atomic E-state index is -0.155. The van der Waals surface area contributed by atoms with E-state index >= 15 is 0 Å². The minimum absolute atomic E-state index is 0.111. The molecular weight excluding hydrogens is 348 g/mol. The SMILES string of the molecule is O=C(c1ccccc1)N1N=C(c2nc3ccccc3[nH]2)C[C@@H]1c1ccccc1. The number of nitrogens with zero attached hydrogens (tertiary/aromatic N) is 3. The van der Waals surface area contributed by atoms with E-state index in [1.807, 2.05) is 84.9 Å². The highest BCUT2D eigenvalue weighted by Gasteiger charge is 2.34. The summed E-state index contributed by atoms with van der Waals surface area (Å²) in [6.45, 7) is 0. The van der Waals surface area contributed by atoms with Crippen LogP contribution in [0.25, 0.3) is 11.0 Å². The Morgan fingerprint density at radius 1 is 0.893 bits per heavy atom. The number of hydrogen-bond acceptors (Lipinski definition) is 3. The van der Waals surface area contributed by atoms with Crippen molar-refractivity contribution in [1.29, 1.82) is 0 Å². The first kappa shape index (κ1) is 16.4. The highest BCUT2D eigenvalue weighted by Crippen LogP contribution is 2.33. The van der Waals surface area contributed by atoms with Crippen molar-refractivity contribution < 1.29 is 4.79 Å². The lowest BCUT2D eigenvalue weighted by atomic mass is 10.0. The Kier molecular flexibility index (Phi) is 3.98. The van der Waals surface area contributed by atoms with Gasteiger partial charge in [0, 0.05) is 12.0 Å². The largest absolute Gasteiger partial charge is 0.337 e. The summed E-state index contributed by atoms with van der Waals surface area (Å²) in [5.74, 6) is 0.603. The highest BCUT2D eigenvalue weighted by molar-refractivity contribution is 6.04. The maximum absolute atomic E-state index is 13.2. The molecule has 5 heteroatoms. The molecule has 0 spiro atoms. The van der Waals surface area contributed by atoms with Crippen molar-refractivity contribution in [1.82, 2.24) is 15.0 Å². The van der Waals surface area contributed by atoms with Crippen LogP contribution in [-0.4, -0.2) is 26.6 Å². The number of para-hydroxylation sites is 2. The summed E-state index contributed by atoms with van der Waals surface area (Å²) in [4.78, 5) is 21.2. The van der Waals surface area contributed by atoms with Crippen molar-refractivity contribution in [3.8, 4) is 0 Å². The fourth-order valence-corrected chi connectivity index (χ4v) is 3.58. The lowest BCUT2D eigenvalue weighted by molar-refractivity contribution is 0.0711. The van der Waals surface area contributed by atoms with Crippen LogP contribution in [-0.2, 0) is 0 Å². The van der Waals surface area contributed by atoms with Gasteiger partial charge in [-0.3, -0.25) is 4.79 Å². The van der Waals surface area contributed by atoms with Gasteiger partial charge in [-0.15, -0.1) is 0 Å². The third-order valence-corrected chi connectivity index (χ3v) is 4.99. The first-order chi connectivity index (χ1) is 13.8. The molecule has 1 aliphatic heterocycles. The van der Waals surface area contributed by atoms with Gasteiger partial charge in [-0.05, 0) is 29.8 Å². The van der Waals surface area contributed by atoms with E-state index in [1.165, 1.54) is 0 Å². The van der Waals surface area contributed by atoms with Crippen molar-refractivity contribution in [2.75, 3.05) is 0 Å². The normalized spacial score (nSPS) is 16.4. The molecule has 0 radical (unpaired) electrons. The van der Waals surface area contributed by atoms with E-state index in [9.17, 15) is 4.79 Å². The summed E-state index contributed by atoms with van der Waals surface area (Å²) in [6.07, 6.45) is 0.614. The number of hydrogen-bond donors (Lipinski definition) is 1. The third kappa shape index (κ3) is 2.87. The number of H-pyrrole nitrogens is 1. The molecule has 0 fully saturated rings. The van der Waals surface area contributed by atoms with Crippen molar-refractivity contribution >= 4 is 22.7 Å². The number of carbonyl (C=O) groups is 1. The first-order valence-electron chi connectivity index (χ1n) is 9.26. The second-order valence-electron chi connectivity index (χ2n) is 6.80. The van der Waals surface area contributed by atoms with Crippen LogP contribution in [0.2, 0.25) is 0 Å². The Balaban J connectivity index is 1.56. The topological polar surface area (TPSA) is 61.4 Å². The average molecular weight is 366 g/mol. The molecule has 0 saturated carbocycles. The van der Waals surface area contributed by atoms with E-state index in [2.05, 4.69) is 9.97 Å². The number of amides is 1. The van der Waals surface area contributed by atoms with Crippen molar-refractivity contribution in [2.24, 2.45) is 5.10 Å². The molecule has 1 N–H and O–H groups in total. The van der Waals surface area contributed by atoms with E-state index < -0.39 is 0 Å². The fraction of sp³-hybridized carbons (Fsp3) is 0.0870. The molecule has 28 heavy (non-hydrogen) atoms. The zero-order chi connectivity index (χ0) is 18.9. The quantitative estimate of drug-likeness (QED) is 0.578. The maximum atomic E-state index is 13.2. The highest BCUT2D eigenvalue weighted by atomic mass is 16.2. The summed E-state index contributed by atoms with van der Waals surface area (Å²) >= 11 is 0. The number of fused-ring (bicyclic) bond motifs is 1. The molecule has 1 atom stereocenters. The van der Waals surface area contributed by atoms with Crippen LogP contribution < -0.4 is 0 Å². The minimum Gasteiger partial charge on any atom is -0.337 e. The molecular formula is C23H18N4O. The van der Waals surface area contributed by atoms with Gasteiger partial charge in [0.2, 0.25) is 0 Å². The Labute approximate surface area is 162 Å². The van der Waals surface area contributed by atoms with Crippen molar-refractivity contribution in [3.63, 3.8) is 0 Å². The molecule has 3 aromatic carbocycles. The monoisotopic (exact) mass is 366 g/mol. The van der Waals surface area contributed by atoms with E-state index in [1.54, 1.807) is 5.01 Å². The molecule has 5 rings (SSSR count).